The Morgan fingerprint density at radius 2 is 1.95 bits per heavy atom. The molecule has 5 nitrogen and oxygen atoms in total. The maximum Gasteiger partial charge on any atom is 0.322 e. The van der Waals surface area contributed by atoms with Gasteiger partial charge in [-0.05, 0) is 32.4 Å². The van der Waals surface area contributed by atoms with E-state index in [-0.39, 0.29) is 17.9 Å². The third-order valence-corrected chi connectivity index (χ3v) is 2.69. The van der Waals surface area contributed by atoms with Crippen molar-refractivity contribution in [2.24, 2.45) is 0 Å². The largest absolute Gasteiger partial charge is 0.461 e. The zero-order chi connectivity index (χ0) is 14.7. The van der Waals surface area contributed by atoms with Crippen molar-refractivity contribution >= 4 is 5.95 Å². The number of hydrogen-bond acceptors (Lipinski definition) is 5. The number of hydrogen-bond donors (Lipinski definition) is 1. The number of aromatic nitrogens is 3. The van der Waals surface area contributed by atoms with Crippen LogP contribution in [0.2, 0.25) is 0 Å². The van der Waals surface area contributed by atoms with Gasteiger partial charge in [-0.25, -0.2) is 4.39 Å². The minimum Gasteiger partial charge on any atom is -0.461 e. The summed E-state index contributed by atoms with van der Waals surface area (Å²) in [6.07, 6.45) is -0.0523. The second-order valence-corrected chi connectivity index (χ2v) is 4.59. The molecule has 0 unspecified atom stereocenters. The first-order valence-corrected chi connectivity index (χ1v) is 6.37. The average molecular weight is 276 g/mol. The Bertz CT molecular complexity index is 616. The number of nitrogens with zero attached hydrogens (tertiary/aromatic N) is 3. The lowest BCUT2D eigenvalue weighted by Crippen LogP contribution is -2.11. The highest BCUT2D eigenvalue weighted by molar-refractivity contribution is 5.61. The van der Waals surface area contributed by atoms with Crippen molar-refractivity contribution in [3.05, 3.63) is 29.6 Å². The molecule has 0 bridgehead atoms. The molecular weight excluding hydrogens is 259 g/mol. The summed E-state index contributed by atoms with van der Waals surface area (Å²) in [4.78, 5) is 12.6. The van der Waals surface area contributed by atoms with Crippen LogP contribution in [-0.4, -0.2) is 28.1 Å². The summed E-state index contributed by atoms with van der Waals surface area (Å²) in [7, 11) is 1.71. The van der Waals surface area contributed by atoms with Crippen molar-refractivity contribution in [1.29, 1.82) is 0 Å². The van der Waals surface area contributed by atoms with Gasteiger partial charge in [0, 0.05) is 12.6 Å². The predicted molar refractivity (Wildman–Crippen MR) is 75.3 cm³/mol. The van der Waals surface area contributed by atoms with E-state index in [9.17, 15) is 4.39 Å². The number of nitrogens with one attached hydrogen (secondary N) is 1. The number of benzene rings is 1. The lowest BCUT2D eigenvalue weighted by molar-refractivity contribution is 0.222. The third kappa shape index (κ3) is 3.01. The summed E-state index contributed by atoms with van der Waals surface area (Å²) in [6.45, 7) is 5.46. The Balaban J connectivity index is 2.52. The van der Waals surface area contributed by atoms with E-state index in [1.54, 1.807) is 26.1 Å². The van der Waals surface area contributed by atoms with Gasteiger partial charge in [-0.2, -0.15) is 15.0 Å². The number of rotatable bonds is 4. The smallest absolute Gasteiger partial charge is 0.322 e. The third-order valence-electron chi connectivity index (χ3n) is 2.69. The van der Waals surface area contributed by atoms with Crippen molar-refractivity contribution < 1.29 is 9.13 Å². The van der Waals surface area contributed by atoms with Crippen molar-refractivity contribution in [1.82, 2.24) is 15.0 Å². The first kappa shape index (κ1) is 14.2. The van der Waals surface area contributed by atoms with E-state index in [0.717, 1.165) is 0 Å². The summed E-state index contributed by atoms with van der Waals surface area (Å²) in [5.41, 5.74) is 1.12. The molecule has 1 aromatic heterocycles. The van der Waals surface area contributed by atoms with Crippen LogP contribution in [0.5, 0.6) is 6.01 Å². The summed E-state index contributed by atoms with van der Waals surface area (Å²) in [6, 6.07) is 5.03. The van der Waals surface area contributed by atoms with Gasteiger partial charge in [0.25, 0.3) is 0 Å². The van der Waals surface area contributed by atoms with Crippen molar-refractivity contribution in [2.45, 2.75) is 26.9 Å². The van der Waals surface area contributed by atoms with Crippen LogP contribution in [0.3, 0.4) is 0 Å². The fourth-order valence-corrected chi connectivity index (χ4v) is 1.70. The average Bonchev–Trinajstić information content (AvgIpc) is 2.40. The summed E-state index contributed by atoms with van der Waals surface area (Å²) >= 11 is 0. The standard InChI is InChI=1S/C14H17FN4O/c1-8(2)20-14-18-12(17-13(16-4)19-14)10-6-5-7-11(15)9(10)3/h5-8H,1-4H3,(H,16,17,18,19). The highest BCUT2D eigenvalue weighted by atomic mass is 19.1. The maximum absolute atomic E-state index is 13.6. The maximum atomic E-state index is 13.6. The van der Waals surface area contributed by atoms with Gasteiger partial charge < -0.3 is 10.1 Å². The van der Waals surface area contributed by atoms with Gasteiger partial charge in [0.15, 0.2) is 5.82 Å². The van der Waals surface area contributed by atoms with Crippen LogP contribution >= 0.6 is 0 Å². The van der Waals surface area contributed by atoms with Crippen LogP contribution in [0.4, 0.5) is 10.3 Å². The van der Waals surface area contributed by atoms with Crippen molar-refractivity contribution in [3.8, 4) is 17.4 Å². The van der Waals surface area contributed by atoms with Crippen LogP contribution in [-0.2, 0) is 0 Å². The quantitative estimate of drug-likeness (QED) is 0.930. The molecular formula is C14H17FN4O. The zero-order valence-electron chi connectivity index (χ0n) is 11.9. The van der Waals surface area contributed by atoms with E-state index in [1.807, 2.05) is 13.8 Å². The second-order valence-electron chi connectivity index (χ2n) is 4.59. The molecule has 2 aromatic rings. The van der Waals surface area contributed by atoms with Crippen LogP contribution in [0.15, 0.2) is 18.2 Å². The second kappa shape index (κ2) is 5.81. The van der Waals surface area contributed by atoms with E-state index in [1.165, 1.54) is 6.07 Å². The zero-order valence-corrected chi connectivity index (χ0v) is 11.9. The molecule has 1 heterocycles. The monoisotopic (exact) mass is 276 g/mol. The van der Waals surface area contributed by atoms with Crippen molar-refractivity contribution in [3.63, 3.8) is 0 Å². The molecule has 106 valence electrons. The molecule has 0 saturated carbocycles. The van der Waals surface area contributed by atoms with Gasteiger partial charge in [0.2, 0.25) is 5.95 Å². The first-order chi connectivity index (χ1) is 9.51. The number of anilines is 1. The Hall–Kier alpha value is -2.24. The van der Waals surface area contributed by atoms with E-state index in [4.69, 9.17) is 4.74 Å². The van der Waals surface area contributed by atoms with Gasteiger partial charge in [0.1, 0.15) is 5.82 Å². The fraction of sp³-hybridized carbons (Fsp3) is 0.357. The molecule has 0 saturated heterocycles. The topological polar surface area (TPSA) is 59.9 Å². The molecule has 0 spiro atoms. The van der Waals surface area contributed by atoms with E-state index in [0.29, 0.717) is 22.9 Å². The molecule has 1 N–H and O–H groups in total. The highest BCUT2D eigenvalue weighted by Gasteiger charge is 2.13. The molecule has 6 heteroatoms. The van der Waals surface area contributed by atoms with E-state index < -0.39 is 0 Å². The molecule has 0 aliphatic heterocycles. The fourth-order valence-electron chi connectivity index (χ4n) is 1.70. The molecule has 0 atom stereocenters. The molecule has 0 radical (unpaired) electrons. The molecule has 0 amide bonds. The molecule has 2 rings (SSSR count). The van der Waals surface area contributed by atoms with Gasteiger partial charge >= 0.3 is 6.01 Å². The van der Waals surface area contributed by atoms with Gasteiger partial charge in [-0.3, -0.25) is 0 Å². The van der Waals surface area contributed by atoms with Crippen LogP contribution in [0.1, 0.15) is 19.4 Å². The molecule has 20 heavy (non-hydrogen) atoms. The number of ether oxygens (including phenoxy) is 1. The van der Waals surface area contributed by atoms with Crippen LogP contribution in [0, 0.1) is 12.7 Å². The highest BCUT2D eigenvalue weighted by Crippen LogP contribution is 2.24. The van der Waals surface area contributed by atoms with Crippen LogP contribution < -0.4 is 10.1 Å². The summed E-state index contributed by atoms with van der Waals surface area (Å²) < 4.78 is 19.1. The molecule has 0 fully saturated rings. The van der Waals surface area contributed by atoms with Gasteiger partial charge in [-0.15, -0.1) is 0 Å². The Labute approximate surface area is 117 Å². The van der Waals surface area contributed by atoms with Gasteiger partial charge in [-0.1, -0.05) is 12.1 Å². The summed E-state index contributed by atoms with van der Waals surface area (Å²) in [5.74, 6) is 0.478. The van der Waals surface area contributed by atoms with Gasteiger partial charge in [0.05, 0.1) is 6.10 Å². The molecule has 0 aliphatic carbocycles. The van der Waals surface area contributed by atoms with Crippen LogP contribution in [0.25, 0.3) is 11.4 Å². The minimum absolute atomic E-state index is 0.0523. The Kier molecular flexibility index (Phi) is 4.12. The van der Waals surface area contributed by atoms with E-state index in [2.05, 4.69) is 20.3 Å². The SMILES string of the molecule is CNc1nc(OC(C)C)nc(-c2cccc(F)c2C)n1. The molecule has 1 aromatic carbocycles. The lowest BCUT2D eigenvalue weighted by atomic mass is 10.1. The van der Waals surface area contributed by atoms with E-state index >= 15 is 0 Å². The first-order valence-electron chi connectivity index (χ1n) is 6.37. The predicted octanol–water partition coefficient (Wildman–Crippen LogP) is 2.82. The lowest BCUT2D eigenvalue weighted by Gasteiger charge is -2.11. The Morgan fingerprint density at radius 3 is 2.60 bits per heavy atom. The molecule has 0 aliphatic rings. The van der Waals surface area contributed by atoms with Crippen molar-refractivity contribution in [2.75, 3.05) is 12.4 Å². The summed E-state index contributed by atoms with van der Waals surface area (Å²) in [5, 5.41) is 2.85. The minimum atomic E-state index is -0.291. The Morgan fingerprint density at radius 1 is 1.20 bits per heavy atom. The number of halogens is 1. The normalized spacial score (nSPS) is 10.7.